The molecular formula is C12H12N2O3. The van der Waals surface area contributed by atoms with Crippen molar-refractivity contribution in [2.45, 2.75) is 6.54 Å². The summed E-state index contributed by atoms with van der Waals surface area (Å²) in [7, 11) is 1.61. The summed E-state index contributed by atoms with van der Waals surface area (Å²) >= 11 is 0. The lowest BCUT2D eigenvalue weighted by Gasteiger charge is -2.04. The van der Waals surface area contributed by atoms with Crippen molar-refractivity contribution < 1.29 is 14.6 Å². The van der Waals surface area contributed by atoms with Gasteiger partial charge in [0.2, 0.25) is 0 Å². The fraction of sp³-hybridized carbons (Fsp3) is 0.167. The zero-order valence-electron chi connectivity index (χ0n) is 9.33. The van der Waals surface area contributed by atoms with Gasteiger partial charge in [-0.15, -0.1) is 0 Å². The van der Waals surface area contributed by atoms with Gasteiger partial charge in [0, 0.05) is 6.20 Å². The first-order chi connectivity index (χ1) is 8.19. The summed E-state index contributed by atoms with van der Waals surface area (Å²) < 4.78 is 6.69. The largest absolute Gasteiger partial charge is 0.497 e. The molecule has 1 N–H and O–H groups in total. The van der Waals surface area contributed by atoms with Gasteiger partial charge >= 0.3 is 5.97 Å². The molecule has 1 heterocycles. The van der Waals surface area contributed by atoms with Gasteiger partial charge in [0.25, 0.3) is 0 Å². The number of carbonyl (C=O) groups is 1. The van der Waals surface area contributed by atoms with E-state index < -0.39 is 5.97 Å². The van der Waals surface area contributed by atoms with Crippen LogP contribution in [-0.4, -0.2) is 28.0 Å². The van der Waals surface area contributed by atoms with Crippen molar-refractivity contribution >= 4 is 5.97 Å². The highest BCUT2D eigenvalue weighted by atomic mass is 16.5. The molecule has 0 radical (unpaired) electrons. The lowest BCUT2D eigenvalue weighted by Crippen LogP contribution is -2.04. The first-order valence-electron chi connectivity index (χ1n) is 5.09. The van der Waals surface area contributed by atoms with Gasteiger partial charge in [-0.1, -0.05) is 12.1 Å². The number of nitrogens with zero attached hydrogens (tertiary/aromatic N) is 2. The number of methoxy groups -OCH3 is 1. The Kier molecular flexibility index (Phi) is 3.09. The van der Waals surface area contributed by atoms with E-state index in [-0.39, 0.29) is 5.69 Å². The van der Waals surface area contributed by atoms with Crippen molar-refractivity contribution in [3.63, 3.8) is 0 Å². The molecule has 2 rings (SSSR count). The average Bonchev–Trinajstić information content (AvgIpc) is 2.78. The maximum absolute atomic E-state index is 10.7. The third kappa shape index (κ3) is 2.63. The number of hydrogen-bond acceptors (Lipinski definition) is 3. The molecule has 1 aromatic carbocycles. The first-order valence-corrected chi connectivity index (χ1v) is 5.09. The molecule has 17 heavy (non-hydrogen) atoms. The summed E-state index contributed by atoms with van der Waals surface area (Å²) in [5.41, 5.74) is 1.05. The van der Waals surface area contributed by atoms with Crippen LogP contribution in [0.2, 0.25) is 0 Å². The highest BCUT2D eigenvalue weighted by molar-refractivity contribution is 5.85. The van der Waals surface area contributed by atoms with Crippen molar-refractivity contribution in [2.24, 2.45) is 0 Å². The Morgan fingerprint density at radius 3 is 2.94 bits per heavy atom. The molecule has 1 aromatic heterocycles. The second-order valence-corrected chi connectivity index (χ2v) is 3.56. The highest BCUT2D eigenvalue weighted by Gasteiger charge is 2.06. The van der Waals surface area contributed by atoms with E-state index in [0.29, 0.717) is 6.54 Å². The maximum Gasteiger partial charge on any atom is 0.356 e. The lowest BCUT2D eigenvalue weighted by atomic mass is 10.2. The van der Waals surface area contributed by atoms with Crippen LogP contribution in [0.1, 0.15) is 16.1 Å². The number of carboxylic acids is 1. The normalized spacial score (nSPS) is 10.2. The molecular weight excluding hydrogens is 220 g/mol. The predicted octanol–water partition coefficient (Wildman–Crippen LogP) is 1.64. The van der Waals surface area contributed by atoms with Crippen LogP contribution in [0, 0.1) is 0 Å². The van der Waals surface area contributed by atoms with Gasteiger partial charge in [-0.2, -0.15) is 5.10 Å². The second kappa shape index (κ2) is 4.69. The number of benzene rings is 1. The molecule has 2 aromatic rings. The summed E-state index contributed by atoms with van der Waals surface area (Å²) in [4.78, 5) is 10.7. The molecule has 0 amide bonds. The minimum Gasteiger partial charge on any atom is -0.497 e. The second-order valence-electron chi connectivity index (χ2n) is 3.56. The standard InChI is InChI=1S/C12H12N2O3/c1-17-10-4-2-3-9(7-10)8-14-6-5-11(13-14)12(15)16/h2-7H,8H2,1H3,(H,15,16). The van der Waals surface area contributed by atoms with Crippen LogP contribution in [-0.2, 0) is 6.54 Å². The van der Waals surface area contributed by atoms with Gasteiger partial charge < -0.3 is 9.84 Å². The lowest BCUT2D eigenvalue weighted by molar-refractivity contribution is 0.0689. The Morgan fingerprint density at radius 2 is 2.29 bits per heavy atom. The minimum atomic E-state index is -1.02. The number of aromatic carboxylic acids is 1. The third-order valence-electron chi connectivity index (χ3n) is 2.34. The topological polar surface area (TPSA) is 64.3 Å². The monoisotopic (exact) mass is 232 g/mol. The Balaban J connectivity index is 2.16. The van der Waals surface area contributed by atoms with Crippen LogP contribution < -0.4 is 4.74 Å². The van der Waals surface area contributed by atoms with Crippen molar-refractivity contribution in [3.8, 4) is 5.75 Å². The quantitative estimate of drug-likeness (QED) is 0.870. The zero-order valence-corrected chi connectivity index (χ0v) is 9.33. The summed E-state index contributed by atoms with van der Waals surface area (Å²) in [6.07, 6.45) is 1.64. The molecule has 0 saturated heterocycles. The van der Waals surface area contributed by atoms with E-state index in [2.05, 4.69) is 5.10 Å². The molecule has 0 aliphatic carbocycles. The molecule has 5 heteroatoms. The molecule has 0 fully saturated rings. The van der Waals surface area contributed by atoms with Gasteiger partial charge in [0.1, 0.15) is 5.75 Å². The van der Waals surface area contributed by atoms with Crippen LogP contribution >= 0.6 is 0 Å². The summed E-state index contributed by atoms with van der Waals surface area (Å²) in [5.74, 6) is -0.248. The Morgan fingerprint density at radius 1 is 1.47 bits per heavy atom. The van der Waals surface area contributed by atoms with E-state index in [1.807, 2.05) is 24.3 Å². The van der Waals surface area contributed by atoms with E-state index in [1.54, 1.807) is 18.0 Å². The van der Waals surface area contributed by atoms with E-state index in [4.69, 9.17) is 9.84 Å². The predicted molar refractivity (Wildman–Crippen MR) is 61.3 cm³/mol. The highest BCUT2D eigenvalue weighted by Crippen LogP contribution is 2.13. The summed E-state index contributed by atoms with van der Waals surface area (Å²) in [5, 5.41) is 12.7. The molecule has 88 valence electrons. The number of hydrogen-bond donors (Lipinski definition) is 1. The van der Waals surface area contributed by atoms with Gasteiger partial charge in [0.15, 0.2) is 5.69 Å². The fourth-order valence-corrected chi connectivity index (χ4v) is 1.52. The Labute approximate surface area is 98.3 Å². The number of carboxylic acid groups (broad SMARTS) is 1. The van der Waals surface area contributed by atoms with Crippen molar-refractivity contribution in [1.82, 2.24) is 9.78 Å². The number of rotatable bonds is 4. The first kappa shape index (κ1) is 11.2. The molecule has 0 aliphatic rings. The SMILES string of the molecule is COc1cccc(Cn2ccc(C(=O)O)n2)c1. The smallest absolute Gasteiger partial charge is 0.356 e. The van der Waals surface area contributed by atoms with Gasteiger partial charge in [-0.3, -0.25) is 4.68 Å². The van der Waals surface area contributed by atoms with Crippen molar-refractivity contribution in [1.29, 1.82) is 0 Å². The van der Waals surface area contributed by atoms with Crippen LogP contribution in [0.3, 0.4) is 0 Å². The summed E-state index contributed by atoms with van der Waals surface area (Å²) in [6, 6.07) is 9.04. The van der Waals surface area contributed by atoms with E-state index in [9.17, 15) is 4.79 Å². The molecule has 0 aliphatic heterocycles. The molecule has 0 saturated carbocycles. The molecule has 0 bridgehead atoms. The summed E-state index contributed by atoms with van der Waals surface area (Å²) in [6.45, 7) is 0.518. The number of ether oxygens (including phenoxy) is 1. The third-order valence-corrected chi connectivity index (χ3v) is 2.34. The minimum absolute atomic E-state index is 0.0490. The van der Waals surface area contributed by atoms with Crippen LogP contribution in [0.15, 0.2) is 36.5 Å². The molecule has 0 spiro atoms. The van der Waals surface area contributed by atoms with E-state index >= 15 is 0 Å². The molecule has 5 nitrogen and oxygen atoms in total. The maximum atomic E-state index is 10.7. The van der Waals surface area contributed by atoms with E-state index in [1.165, 1.54) is 6.07 Å². The van der Waals surface area contributed by atoms with Crippen molar-refractivity contribution in [3.05, 3.63) is 47.8 Å². The van der Waals surface area contributed by atoms with Crippen molar-refractivity contribution in [2.75, 3.05) is 7.11 Å². The Bertz CT molecular complexity index is 534. The average molecular weight is 232 g/mol. The van der Waals surface area contributed by atoms with Crippen LogP contribution in [0.4, 0.5) is 0 Å². The van der Waals surface area contributed by atoms with Gasteiger partial charge in [-0.05, 0) is 23.8 Å². The zero-order chi connectivity index (χ0) is 12.3. The molecule has 0 atom stereocenters. The fourth-order valence-electron chi connectivity index (χ4n) is 1.52. The van der Waals surface area contributed by atoms with Gasteiger partial charge in [0.05, 0.1) is 13.7 Å². The van der Waals surface area contributed by atoms with E-state index in [0.717, 1.165) is 11.3 Å². The van der Waals surface area contributed by atoms with Crippen LogP contribution in [0.25, 0.3) is 0 Å². The molecule has 0 unspecified atom stereocenters. The number of aromatic nitrogens is 2. The Hall–Kier alpha value is -2.30. The van der Waals surface area contributed by atoms with Gasteiger partial charge in [-0.25, -0.2) is 4.79 Å². The van der Waals surface area contributed by atoms with Crippen LogP contribution in [0.5, 0.6) is 5.75 Å².